The number of nitro groups is 1. The van der Waals surface area contributed by atoms with Gasteiger partial charge in [-0.25, -0.2) is 0 Å². The summed E-state index contributed by atoms with van der Waals surface area (Å²) in [5.41, 5.74) is -0.463. The number of carbonyl (C=O) groups excluding carboxylic acids is 1. The minimum absolute atomic E-state index is 0.0910. The maximum atomic E-state index is 11.0. The van der Waals surface area contributed by atoms with E-state index in [1.165, 1.54) is 0 Å². The van der Waals surface area contributed by atoms with Gasteiger partial charge in [0, 0.05) is 18.1 Å². The molecule has 0 spiro atoms. The van der Waals surface area contributed by atoms with Gasteiger partial charge >= 0.3 is 5.69 Å². The summed E-state index contributed by atoms with van der Waals surface area (Å²) in [6.45, 7) is 1.84. The Kier molecular flexibility index (Phi) is 5.32. The highest BCUT2D eigenvalue weighted by molar-refractivity contribution is 5.87. The van der Waals surface area contributed by atoms with E-state index in [1.54, 1.807) is 0 Å². The molecular formula is C15H18NO6-. The summed E-state index contributed by atoms with van der Waals surface area (Å²) >= 11 is 0. The van der Waals surface area contributed by atoms with Crippen molar-refractivity contribution < 1.29 is 24.3 Å². The lowest BCUT2D eigenvalue weighted by Gasteiger charge is -2.22. The third-order valence-electron chi connectivity index (χ3n) is 3.63. The molecule has 0 radical (unpaired) electrons. The molecule has 0 bridgehead atoms. The maximum Gasteiger partial charge on any atom is 0.311 e. The molecule has 0 heterocycles. The molecule has 1 saturated carbocycles. The Morgan fingerprint density at radius 3 is 2.64 bits per heavy atom. The second-order valence-corrected chi connectivity index (χ2v) is 5.23. The van der Waals surface area contributed by atoms with Crippen LogP contribution in [0.5, 0.6) is 5.75 Å². The van der Waals surface area contributed by atoms with Crippen LogP contribution >= 0.6 is 0 Å². The Hall–Kier alpha value is -2.15. The van der Waals surface area contributed by atoms with Gasteiger partial charge in [-0.1, -0.05) is 19.8 Å². The molecule has 1 unspecified atom stereocenters. The van der Waals surface area contributed by atoms with Crippen molar-refractivity contribution in [1.82, 2.24) is 0 Å². The summed E-state index contributed by atoms with van der Waals surface area (Å²) in [5.74, 6) is -1.53. The Labute approximate surface area is 128 Å². The number of carbonyl (C=O) groups is 1. The van der Waals surface area contributed by atoms with Gasteiger partial charge in [0.1, 0.15) is 0 Å². The largest absolute Gasteiger partial charge is 0.545 e. The number of hydrogen-bond donors (Lipinski definition) is 0. The zero-order valence-corrected chi connectivity index (χ0v) is 12.3. The van der Waals surface area contributed by atoms with E-state index >= 15 is 0 Å². The van der Waals surface area contributed by atoms with E-state index in [0.29, 0.717) is 6.42 Å². The van der Waals surface area contributed by atoms with Crippen LogP contribution in [0.4, 0.5) is 5.69 Å². The van der Waals surface area contributed by atoms with Crippen molar-refractivity contribution >= 4 is 11.7 Å². The molecule has 7 nitrogen and oxygen atoms in total. The molecule has 1 atom stereocenters. The minimum atomic E-state index is -1.41. The number of nitrogens with zero attached hydrogens (tertiary/aromatic N) is 1. The number of nitro benzene ring substituents is 1. The molecule has 1 aromatic carbocycles. The summed E-state index contributed by atoms with van der Waals surface area (Å²) in [6, 6.07) is 3.33. The third kappa shape index (κ3) is 3.94. The highest BCUT2D eigenvalue weighted by atomic mass is 16.7. The summed E-state index contributed by atoms with van der Waals surface area (Å²) in [4.78, 5) is 21.3. The van der Waals surface area contributed by atoms with Gasteiger partial charge in [-0.15, -0.1) is 0 Å². The van der Waals surface area contributed by atoms with Crippen molar-refractivity contribution in [3.8, 4) is 5.75 Å². The van der Waals surface area contributed by atoms with Crippen LogP contribution in [0, 0.1) is 10.1 Å². The van der Waals surface area contributed by atoms with E-state index in [9.17, 15) is 20.0 Å². The second-order valence-electron chi connectivity index (χ2n) is 5.23. The van der Waals surface area contributed by atoms with Gasteiger partial charge in [-0.05, 0) is 25.0 Å². The van der Waals surface area contributed by atoms with Gasteiger partial charge < -0.3 is 19.4 Å². The Morgan fingerprint density at radius 1 is 1.41 bits per heavy atom. The maximum absolute atomic E-state index is 11.0. The van der Waals surface area contributed by atoms with Crippen LogP contribution in [0.25, 0.3) is 0 Å². The van der Waals surface area contributed by atoms with E-state index in [4.69, 9.17) is 9.47 Å². The molecule has 1 aliphatic carbocycles. The van der Waals surface area contributed by atoms with Crippen molar-refractivity contribution in [2.75, 3.05) is 0 Å². The van der Waals surface area contributed by atoms with E-state index < -0.39 is 17.2 Å². The van der Waals surface area contributed by atoms with Crippen LogP contribution < -0.4 is 9.84 Å². The van der Waals surface area contributed by atoms with Crippen LogP contribution in [0.15, 0.2) is 18.2 Å². The third-order valence-corrected chi connectivity index (χ3v) is 3.63. The number of benzene rings is 1. The van der Waals surface area contributed by atoms with Gasteiger partial charge in [0.15, 0.2) is 6.29 Å². The average molecular weight is 308 g/mol. The number of hydrogen-bond acceptors (Lipinski definition) is 6. The average Bonchev–Trinajstić information content (AvgIpc) is 2.99. The molecule has 1 fully saturated rings. The molecule has 2 rings (SSSR count). The summed E-state index contributed by atoms with van der Waals surface area (Å²) in [6.07, 6.45) is 4.04. The number of ether oxygens (including phenoxy) is 2. The lowest BCUT2D eigenvalue weighted by atomic mass is 10.2. The lowest BCUT2D eigenvalue weighted by molar-refractivity contribution is -0.386. The molecule has 7 heteroatoms. The SMILES string of the molecule is CCC(Oc1cc(C(=O)[O-])ccc1[N+](=O)[O-])OC1CCCC1. The van der Waals surface area contributed by atoms with Gasteiger partial charge in [0.2, 0.25) is 5.75 Å². The first-order valence-corrected chi connectivity index (χ1v) is 7.33. The molecule has 120 valence electrons. The number of carboxylic acids is 1. The molecule has 0 N–H and O–H groups in total. The van der Waals surface area contributed by atoms with Crippen LogP contribution in [-0.4, -0.2) is 23.3 Å². The smallest absolute Gasteiger partial charge is 0.311 e. The molecule has 0 saturated heterocycles. The molecule has 0 aliphatic heterocycles. The van der Waals surface area contributed by atoms with Crippen molar-refractivity contribution in [1.29, 1.82) is 0 Å². The Balaban J connectivity index is 2.18. The monoisotopic (exact) mass is 308 g/mol. The molecule has 22 heavy (non-hydrogen) atoms. The number of carboxylic acid groups (broad SMARTS) is 1. The first-order chi connectivity index (χ1) is 10.5. The van der Waals surface area contributed by atoms with Crippen molar-refractivity contribution in [2.45, 2.75) is 51.4 Å². The molecule has 1 aromatic rings. The van der Waals surface area contributed by atoms with E-state index in [-0.39, 0.29) is 23.1 Å². The zero-order chi connectivity index (χ0) is 16.1. The minimum Gasteiger partial charge on any atom is -0.545 e. The van der Waals surface area contributed by atoms with Crippen LogP contribution in [-0.2, 0) is 4.74 Å². The standard InChI is InChI=1S/C15H19NO6/c1-2-14(21-11-5-3-4-6-11)22-13-9-10(15(17)18)7-8-12(13)16(19)20/h7-9,11,14H,2-6H2,1H3,(H,17,18)/p-1. The van der Waals surface area contributed by atoms with Gasteiger partial charge in [0.05, 0.1) is 17.0 Å². The van der Waals surface area contributed by atoms with Gasteiger partial charge in [-0.3, -0.25) is 10.1 Å². The van der Waals surface area contributed by atoms with Crippen molar-refractivity contribution in [3.05, 3.63) is 33.9 Å². The van der Waals surface area contributed by atoms with Crippen molar-refractivity contribution in [3.63, 3.8) is 0 Å². The first-order valence-electron chi connectivity index (χ1n) is 7.33. The number of aromatic carboxylic acids is 1. The molecule has 1 aliphatic rings. The fourth-order valence-electron chi connectivity index (χ4n) is 2.47. The normalized spacial score (nSPS) is 16.4. The van der Waals surface area contributed by atoms with Crippen LogP contribution in [0.3, 0.4) is 0 Å². The zero-order valence-electron chi connectivity index (χ0n) is 12.3. The fraction of sp³-hybridized carbons (Fsp3) is 0.533. The van der Waals surface area contributed by atoms with E-state index in [1.807, 2.05) is 6.92 Å². The predicted molar refractivity (Wildman–Crippen MR) is 75.5 cm³/mol. The van der Waals surface area contributed by atoms with E-state index in [0.717, 1.165) is 43.9 Å². The van der Waals surface area contributed by atoms with Crippen LogP contribution in [0.1, 0.15) is 49.4 Å². The summed E-state index contributed by atoms with van der Waals surface area (Å²) in [5, 5.41) is 21.9. The fourth-order valence-corrected chi connectivity index (χ4v) is 2.47. The highest BCUT2D eigenvalue weighted by Crippen LogP contribution is 2.31. The predicted octanol–water partition coefficient (Wildman–Crippen LogP) is 2.03. The first kappa shape index (κ1) is 16.2. The lowest BCUT2D eigenvalue weighted by Crippen LogP contribution is -2.26. The molecule has 0 amide bonds. The topological polar surface area (TPSA) is 102 Å². The van der Waals surface area contributed by atoms with Crippen molar-refractivity contribution in [2.24, 2.45) is 0 Å². The number of rotatable bonds is 7. The van der Waals surface area contributed by atoms with E-state index in [2.05, 4.69) is 0 Å². The summed E-state index contributed by atoms with van der Waals surface area (Å²) < 4.78 is 11.3. The highest BCUT2D eigenvalue weighted by Gasteiger charge is 2.24. The molecule has 0 aromatic heterocycles. The Morgan fingerprint density at radius 2 is 2.09 bits per heavy atom. The van der Waals surface area contributed by atoms with Gasteiger partial charge in [-0.2, -0.15) is 0 Å². The second kappa shape index (κ2) is 7.22. The quantitative estimate of drug-likeness (QED) is 0.434. The van der Waals surface area contributed by atoms with Crippen LogP contribution in [0.2, 0.25) is 0 Å². The van der Waals surface area contributed by atoms with Gasteiger partial charge in [0.25, 0.3) is 0 Å². The summed E-state index contributed by atoms with van der Waals surface area (Å²) in [7, 11) is 0. The molecular weight excluding hydrogens is 290 g/mol. The Bertz CT molecular complexity index is 553.